The lowest BCUT2D eigenvalue weighted by molar-refractivity contribution is 0.0950. The topological polar surface area (TPSA) is 55.1 Å². The van der Waals surface area contributed by atoms with Crippen LogP contribution < -0.4 is 11.1 Å². The van der Waals surface area contributed by atoms with E-state index in [4.69, 9.17) is 5.73 Å². The number of rotatable bonds is 3. The maximum atomic E-state index is 12.1. The number of carbonyl (C=O) groups excluding carboxylic acids is 1. The molecule has 0 atom stereocenters. The molecule has 0 unspecified atom stereocenters. The van der Waals surface area contributed by atoms with Gasteiger partial charge in [-0.05, 0) is 37.1 Å². The molecule has 0 spiro atoms. The Balaban J connectivity index is 2.08. The maximum Gasteiger partial charge on any atom is 0.251 e. The predicted octanol–water partition coefficient (Wildman–Crippen LogP) is 2.82. The minimum absolute atomic E-state index is 0.0914. The number of amides is 1. The number of carbonyl (C=O) groups is 1. The summed E-state index contributed by atoms with van der Waals surface area (Å²) in [4.78, 5) is 12.1. The third-order valence-corrected chi connectivity index (χ3v) is 3.16. The van der Waals surface area contributed by atoms with E-state index in [9.17, 15) is 4.79 Å². The van der Waals surface area contributed by atoms with Crippen molar-refractivity contribution in [3.05, 3.63) is 64.7 Å². The summed E-state index contributed by atoms with van der Waals surface area (Å²) in [5.41, 5.74) is 10.2. The molecule has 0 bridgehead atoms. The van der Waals surface area contributed by atoms with Gasteiger partial charge in [-0.25, -0.2) is 0 Å². The first-order valence-electron chi connectivity index (χ1n) is 6.27. The summed E-state index contributed by atoms with van der Waals surface area (Å²) in [7, 11) is 0. The van der Waals surface area contributed by atoms with Crippen molar-refractivity contribution >= 4 is 11.6 Å². The third-order valence-electron chi connectivity index (χ3n) is 3.16. The molecule has 3 nitrogen and oxygen atoms in total. The van der Waals surface area contributed by atoms with Crippen molar-refractivity contribution in [1.82, 2.24) is 5.32 Å². The Morgan fingerprint density at radius 3 is 2.63 bits per heavy atom. The molecule has 3 heteroatoms. The molecular weight excluding hydrogens is 236 g/mol. The number of benzene rings is 2. The molecule has 2 aromatic carbocycles. The smallest absolute Gasteiger partial charge is 0.251 e. The number of anilines is 1. The van der Waals surface area contributed by atoms with Crippen LogP contribution in [0.5, 0.6) is 0 Å². The maximum absolute atomic E-state index is 12.1. The number of aryl methyl sites for hydroxylation is 1. The molecule has 0 saturated heterocycles. The summed E-state index contributed by atoms with van der Waals surface area (Å²) in [6, 6.07) is 13.5. The van der Waals surface area contributed by atoms with Gasteiger partial charge in [-0.1, -0.05) is 35.9 Å². The van der Waals surface area contributed by atoms with Gasteiger partial charge in [-0.2, -0.15) is 0 Å². The molecule has 1 amide bonds. The molecule has 3 N–H and O–H groups in total. The second kappa shape index (κ2) is 5.57. The standard InChI is InChI=1S/C16H18N2O/c1-11-5-3-6-13(9-11)10-18-16(19)14-7-4-8-15(17)12(14)2/h3-9H,10,17H2,1-2H3,(H,18,19). The molecule has 0 aromatic heterocycles. The lowest BCUT2D eigenvalue weighted by Crippen LogP contribution is -2.23. The number of hydrogen-bond acceptors (Lipinski definition) is 2. The number of hydrogen-bond donors (Lipinski definition) is 2. The summed E-state index contributed by atoms with van der Waals surface area (Å²) in [6.45, 7) is 4.42. The van der Waals surface area contributed by atoms with Gasteiger partial charge in [-0.3, -0.25) is 4.79 Å². The summed E-state index contributed by atoms with van der Waals surface area (Å²) < 4.78 is 0. The van der Waals surface area contributed by atoms with E-state index >= 15 is 0 Å². The summed E-state index contributed by atoms with van der Waals surface area (Å²) >= 11 is 0. The molecule has 0 radical (unpaired) electrons. The first-order chi connectivity index (χ1) is 9.08. The van der Waals surface area contributed by atoms with Gasteiger partial charge in [0.25, 0.3) is 5.91 Å². The fraction of sp³-hybridized carbons (Fsp3) is 0.188. The van der Waals surface area contributed by atoms with E-state index in [1.165, 1.54) is 5.56 Å². The van der Waals surface area contributed by atoms with Crippen LogP contribution in [0.2, 0.25) is 0 Å². The van der Waals surface area contributed by atoms with Crippen molar-refractivity contribution in [2.45, 2.75) is 20.4 Å². The van der Waals surface area contributed by atoms with E-state index in [1.807, 2.05) is 32.0 Å². The van der Waals surface area contributed by atoms with Crippen LogP contribution in [0.3, 0.4) is 0 Å². The quantitative estimate of drug-likeness (QED) is 0.827. The molecule has 0 aliphatic heterocycles. The van der Waals surface area contributed by atoms with Gasteiger partial charge in [0.2, 0.25) is 0 Å². The lowest BCUT2D eigenvalue weighted by atomic mass is 10.1. The van der Waals surface area contributed by atoms with Gasteiger partial charge >= 0.3 is 0 Å². The summed E-state index contributed by atoms with van der Waals surface area (Å²) in [5, 5.41) is 2.92. The molecule has 0 saturated carbocycles. The average Bonchev–Trinajstić information content (AvgIpc) is 2.39. The predicted molar refractivity (Wildman–Crippen MR) is 77.9 cm³/mol. The Hall–Kier alpha value is -2.29. The molecular formula is C16H18N2O. The zero-order valence-electron chi connectivity index (χ0n) is 11.2. The molecule has 19 heavy (non-hydrogen) atoms. The molecule has 0 heterocycles. The van der Waals surface area contributed by atoms with Crippen LogP contribution in [-0.4, -0.2) is 5.91 Å². The van der Waals surface area contributed by atoms with Crippen molar-refractivity contribution in [3.63, 3.8) is 0 Å². The summed E-state index contributed by atoms with van der Waals surface area (Å²) in [6.07, 6.45) is 0. The lowest BCUT2D eigenvalue weighted by Gasteiger charge is -2.09. The van der Waals surface area contributed by atoms with E-state index in [1.54, 1.807) is 18.2 Å². The Kier molecular flexibility index (Phi) is 3.85. The van der Waals surface area contributed by atoms with E-state index < -0.39 is 0 Å². The highest BCUT2D eigenvalue weighted by Gasteiger charge is 2.09. The molecule has 98 valence electrons. The van der Waals surface area contributed by atoms with Gasteiger partial charge in [0.1, 0.15) is 0 Å². The number of nitrogens with two attached hydrogens (primary N) is 1. The van der Waals surface area contributed by atoms with Gasteiger partial charge in [0, 0.05) is 17.8 Å². The normalized spacial score (nSPS) is 10.2. The van der Waals surface area contributed by atoms with Crippen molar-refractivity contribution in [1.29, 1.82) is 0 Å². The fourth-order valence-electron chi connectivity index (χ4n) is 2.00. The van der Waals surface area contributed by atoms with Gasteiger partial charge < -0.3 is 11.1 Å². The Labute approximate surface area is 113 Å². The van der Waals surface area contributed by atoms with E-state index in [0.717, 1.165) is 11.1 Å². The van der Waals surface area contributed by atoms with Crippen LogP contribution in [0.1, 0.15) is 27.0 Å². The monoisotopic (exact) mass is 254 g/mol. The summed E-state index contributed by atoms with van der Waals surface area (Å²) in [5.74, 6) is -0.0914. The molecule has 0 fully saturated rings. The SMILES string of the molecule is Cc1cccc(CNC(=O)c2cccc(N)c2C)c1. The first-order valence-corrected chi connectivity index (χ1v) is 6.27. The van der Waals surface area contributed by atoms with Crippen LogP contribution in [0, 0.1) is 13.8 Å². The zero-order chi connectivity index (χ0) is 13.8. The zero-order valence-corrected chi connectivity index (χ0v) is 11.2. The molecule has 2 rings (SSSR count). The Morgan fingerprint density at radius 2 is 1.89 bits per heavy atom. The second-order valence-electron chi connectivity index (χ2n) is 4.69. The van der Waals surface area contributed by atoms with Gasteiger partial charge in [0.15, 0.2) is 0 Å². The second-order valence-corrected chi connectivity index (χ2v) is 4.69. The van der Waals surface area contributed by atoms with Gasteiger partial charge in [-0.15, -0.1) is 0 Å². The fourth-order valence-corrected chi connectivity index (χ4v) is 2.00. The minimum atomic E-state index is -0.0914. The largest absolute Gasteiger partial charge is 0.398 e. The van der Waals surface area contributed by atoms with E-state index in [2.05, 4.69) is 11.4 Å². The van der Waals surface area contributed by atoms with Crippen molar-refractivity contribution in [2.75, 3.05) is 5.73 Å². The average molecular weight is 254 g/mol. The number of nitrogens with one attached hydrogen (secondary N) is 1. The molecule has 0 aliphatic carbocycles. The third kappa shape index (κ3) is 3.13. The molecule has 2 aromatic rings. The first kappa shape index (κ1) is 13.1. The molecule has 0 aliphatic rings. The van der Waals surface area contributed by atoms with Crippen molar-refractivity contribution < 1.29 is 4.79 Å². The minimum Gasteiger partial charge on any atom is -0.398 e. The highest BCUT2D eigenvalue weighted by atomic mass is 16.1. The number of nitrogen functional groups attached to an aromatic ring is 1. The van der Waals surface area contributed by atoms with Crippen molar-refractivity contribution in [2.24, 2.45) is 0 Å². The van der Waals surface area contributed by atoms with Crippen molar-refractivity contribution in [3.8, 4) is 0 Å². The Morgan fingerprint density at radius 1 is 1.16 bits per heavy atom. The van der Waals surface area contributed by atoms with Gasteiger partial charge in [0.05, 0.1) is 0 Å². The highest BCUT2D eigenvalue weighted by Crippen LogP contribution is 2.15. The highest BCUT2D eigenvalue weighted by molar-refractivity contribution is 5.96. The van der Waals surface area contributed by atoms with E-state index in [-0.39, 0.29) is 5.91 Å². The van der Waals surface area contributed by atoms with Crippen LogP contribution in [0.4, 0.5) is 5.69 Å². The van der Waals surface area contributed by atoms with Crippen LogP contribution in [0.15, 0.2) is 42.5 Å². The Bertz CT molecular complexity index is 605. The van der Waals surface area contributed by atoms with Crippen LogP contribution in [0.25, 0.3) is 0 Å². The van der Waals surface area contributed by atoms with E-state index in [0.29, 0.717) is 17.8 Å². The van der Waals surface area contributed by atoms with Crippen LogP contribution >= 0.6 is 0 Å². The van der Waals surface area contributed by atoms with Crippen LogP contribution in [-0.2, 0) is 6.54 Å².